The molecule has 1 aliphatic rings. The number of benzene rings is 2. The third-order valence-corrected chi connectivity index (χ3v) is 4.88. The highest BCUT2D eigenvalue weighted by Crippen LogP contribution is 2.33. The molecule has 0 atom stereocenters. The van der Waals surface area contributed by atoms with E-state index in [1.54, 1.807) is 14.2 Å². The normalized spacial score (nSPS) is 14.1. The van der Waals surface area contributed by atoms with Crippen LogP contribution in [0.1, 0.15) is 23.2 Å². The maximum Gasteiger partial charge on any atom is 0.251 e. The number of piperidine rings is 1. The number of carbonyl (C=O) groups is 1. The van der Waals surface area contributed by atoms with Gasteiger partial charge in [0, 0.05) is 23.7 Å². The Kier molecular flexibility index (Phi) is 7.95. The molecule has 0 saturated carbocycles. The quantitative estimate of drug-likeness (QED) is 0.792. The number of hydrogen-bond donors (Lipinski definition) is 2. The highest BCUT2D eigenvalue weighted by molar-refractivity contribution is 5.94. The van der Waals surface area contributed by atoms with Crippen LogP contribution >= 0.6 is 12.4 Å². The first kappa shape index (κ1) is 21.1. The summed E-state index contributed by atoms with van der Waals surface area (Å²) in [6, 6.07) is 13.3. The summed E-state index contributed by atoms with van der Waals surface area (Å²) in [5.74, 6) is 2.05. The number of hydrogen-bond acceptors (Lipinski definition) is 4. The molecule has 0 radical (unpaired) electrons. The van der Waals surface area contributed by atoms with Crippen LogP contribution in [0.4, 0.5) is 0 Å². The molecule has 2 N–H and O–H groups in total. The van der Waals surface area contributed by atoms with Gasteiger partial charge in [-0.05, 0) is 61.7 Å². The van der Waals surface area contributed by atoms with Gasteiger partial charge in [-0.3, -0.25) is 4.79 Å². The zero-order chi connectivity index (χ0) is 18.4. The molecule has 2 aromatic rings. The molecule has 6 heteroatoms. The fraction of sp³-hybridized carbons (Fsp3) is 0.381. The van der Waals surface area contributed by atoms with Crippen LogP contribution in [0.15, 0.2) is 42.5 Å². The fourth-order valence-corrected chi connectivity index (χ4v) is 3.26. The molecular formula is C21H27ClN2O3. The Morgan fingerprint density at radius 1 is 1.07 bits per heavy atom. The van der Waals surface area contributed by atoms with Crippen molar-refractivity contribution in [1.29, 1.82) is 0 Å². The van der Waals surface area contributed by atoms with Crippen LogP contribution in [0.5, 0.6) is 11.5 Å². The third-order valence-electron chi connectivity index (χ3n) is 4.88. The molecule has 146 valence electrons. The summed E-state index contributed by atoms with van der Waals surface area (Å²) in [6.45, 7) is 2.83. The van der Waals surface area contributed by atoms with E-state index < -0.39 is 0 Å². The van der Waals surface area contributed by atoms with E-state index in [0.717, 1.165) is 55.1 Å². The zero-order valence-corrected chi connectivity index (χ0v) is 16.6. The molecule has 2 aromatic carbocycles. The molecule has 5 nitrogen and oxygen atoms in total. The van der Waals surface area contributed by atoms with E-state index in [0.29, 0.717) is 11.5 Å². The maximum absolute atomic E-state index is 12.4. The lowest BCUT2D eigenvalue weighted by Crippen LogP contribution is -2.35. The average Bonchev–Trinajstić information content (AvgIpc) is 2.72. The molecule has 0 aliphatic carbocycles. The van der Waals surface area contributed by atoms with E-state index in [4.69, 9.17) is 9.47 Å². The molecule has 1 heterocycles. The van der Waals surface area contributed by atoms with Crippen LogP contribution in [0.25, 0.3) is 11.1 Å². The lowest BCUT2D eigenvalue weighted by atomic mass is 9.98. The minimum Gasteiger partial charge on any atom is -0.497 e. The van der Waals surface area contributed by atoms with Crippen LogP contribution < -0.4 is 20.1 Å². The molecule has 1 saturated heterocycles. The summed E-state index contributed by atoms with van der Waals surface area (Å²) in [6.07, 6.45) is 2.24. The van der Waals surface area contributed by atoms with Gasteiger partial charge >= 0.3 is 0 Å². The third kappa shape index (κ3) is 5.37. The fourth-order valence-electron chi connectivity index (χ4n) is 3.26. The van der Waals surface area contributed by atoms with E-state index in [2.05, 4.69) is 10.6 Å². The van der Waals surface area contributed by atoms with Crippen LogP contribution in [-0.4, -0.2) is 39.8 Å². The van der Waals surface area contributed by atoms with Crippen molar-refractivity contribution in [3.05, 3.63) is 48.0 Å². The van der Waals surface area contributed by atoms with E-state index in [-0.39, 0.29) is 18.3 Å². The van der Waals surface area contributed by atoms with Gasteiger partial charge in [-0.15, -0.1) is 12.4 Å². The largest absolute Gasteiger partial charge is 0.497 e. The number of methoxy groups -OCH3 is 2. The molecule has 0 spiro atoms. The summed E-state index contributed by atoms with van der Waals surface area (Å²) >= 11 is 0. The second-order valence-corrected chi connectivity index (χ2v) is 6.55. The first-order valence-corrected chi connectivity index (χ1v) is 9.02. The topological polar surface area (TPSA) is 59.6 Å². The number of halogens is 1. The second kappa shape index (κ2) is 10.2. The number of rotatable bonds is 6. The molecule has 0 bridgehead atoms. The Morgan fingerprint density at radius 3 is 2.41 bits per heavy atom. The van der Waals surface area contributed by atoms with Crippen LogP contribution in [-0.2, 0) is 0 Å². The maximum atomic E-state index is 12.4. The molecule has 0 unspecified atom stereocenters. The molecule has 3 rings (SSSR count). The summed E-state index contributed by atoms with van der Waals surface area (Å²) in [5.41, 5.74) is 2.64. The van der Waals surface area contributed by atoms with Crippen molar-refractivity contribution in [1.82, 2.24) is 10.6 Å². The van der Waals surface area contributed by atoms with E-state index in [9.17, 15) is 4.79 Å². The SMILES string of the molecule is COc1ccc(-c2ccc(C(=O)NCC3CCNCC3)cc2)c(OC)c1.Cl. The van der Waals surface area contributed by atoms with Gasteiger partial charge in [0.1, 0.15) is 11.5 Å². The molecule has 1 aliphatic heterocycles. The Bertz CT molecular complexity index is 744. The number of nitrogens with one attached hydrogen (secondary N) is 2. The van der Waals surface area contributed by atoms with Crippen molar-refractivity contribution in [3.63, 3.8) is 0 Å². The van der Waals surface area contributed by atoms with Crippen molar-refractivity contribution in [3.8, 4) is 22.6 Å². The predicted molar refractivity (Wildman–Crippen MR) is 110 cm³/mol. The predicted octanol–water partition coefficient (Wildman–Crippen LogP) is 3.52. The lowest BCUT2D eigenvalue weighted by molar-refractivity contribution is 0.0944. The number of carbonyl (C=O) groups excluding carboxylic acids is 1. The van der Waals surface area contributed by atoms with E-state index >= 15 is 0 Å². The van der Waals surface area contributed by atoms with E-state index in [1.165, 1.54) is 0 Å². The van der Waals surface area contributed by atoms with Gasteiger partial charge < -0.3 is 20.1 Å². The summed E-state index contributed by atoms with van der Waals surface area (Å²) in [5, 5.41) is 6.40. The van der Waals surface area contributed by atoms with E-state index in [1.807, 2.05) is 42.5 Å². The standard InChI is InChI=1S/C21H26N2O3.ClH/c1-25-18-7-8-19(20(13-18)26-2)16-3-5-17(6-4-16)21(24)23-14-15-9-11-22-12-10-15;/h3-8,13,15,22H,9-12,14H2,1-2H3,(H,23,24);1H. The Hall–Kier alpha value is -2.24. The molecular weight excluding hydrogens is 364 g/mol. The monoisotopic (exact) mass is 390 g/mol. The van der Waals surface area contributed by atoms with Crippen molar-refractivity contribution >= 4 is 18.3 Å². The van der Waals surface area contributed by atoms with Gasteiger partial charge in [-0.1, -0.05) is 12.1 Å². The summed E-state index contributed by atoms with van der Waals surface area (Å²) in [7, 11) is 3.27. The molecule has 1 fully saturated rings. The lowest BCUT2D eigenvalue weighted by Gasteiger charge is -2.22. The molecule has 27 heavy (non-hydrogen) atoms. The van der Waals surface area contributed by atoms with Gasteiger partial charge in [-0.2, -0.15) is 0 Å². The van der Waals surface area contributed by atoms with Gasteiger partial charge in [0.05, 0.1) is 14.2 Å². The van der Waals surface area contributed by atoms with Gasteiger partial charge in [0.15, 0.2) is 0 Å². The highest BCUT2D eigenvalue weighted by Gasteiger charge is 2.15. The van der Waals surface area contributed by atoms with Gasteiger partial charge in [0.2, 0.25) is 0 Å². The Morgan fingerprint density at radius 2 is 1.78 bits per heavy atom. The Balaban J connectivity index is 0.00000261. The second-order valence-electron chi connectivity index (χ2n) is 6.55. The first-order chi connectivity index (χ1) is 12.7. The van der Waals surface area contributed by atoms with Crippen LogP contribution in [0.2, 0.25) is 0 Å². The minimum absolute atomic E-state index is 0. The van der Waals surface area contributed by atoms with Crippen LogP contribution in [0.3, 0.4) is 0 Å². The Labute approximate surface area is 166 Å². The van der Waals surface area contributed by atoms with Crippen molar-refractivity contribution in [2.45, 2.75) is 12.8 Å². The van der Waals surface area contributed by atoms with Crippen molar-refractivity contribution in [2.24, 2.45) is 5.92 Å². The molecule has 0 aromatic heterocycles. The minimum atomic E-state index is -0.0169. The van der Waals surface area contributed by atoms with Crippen molar-refractivity contribution in [2.75, 3.05) is 33.9 Å². The molecule has 1 amide bonds. The first-order valence-electron chi connectivity index (χ1n) is 9.02. The smallest absolute Gasteiger partial charge is 0.251 e. The number of amides is 1. The zero-order valence-electron chi connectivity index (χ0n) is 15.8. The van der Waals surface area contributed by atoms with Crippen LogP contribution in [0, 0.1) is 5.92 Å². The summed E-state index contributed by atoms with van der Waals surface area (Å²) < 4.78 is 10.7. The van der Waals surface area contributed by atoms with Crippen molar-refractivity contribution < 1.29 is 14.3 Å². The van der Waals surface area contributed by atoms with Gasteiger partial charge in [0.25, 0.3) is 5.91 Å². The highest BCUT2D eigenvalue weighted by atomic mass is 35.5. The average molecular weight is 391 g/mol. The van der Waals surface area contributed by atoms with Gasteiger partial charge in [-0.25, -0.2) is 0 Å². The number of ether oxygens (including phenoxy) is 2. The summed E-state index contributed by atoms with van der Waals surface area (Å²) in [4.78, 5) is 12.4.